The van der Waals surface area contributed by atoms with Gasteiger partial charge in [0.15, 0.2) is 0 Å². The van der Waals surface area contributed by atoms with E-state index in [1.165, 1.54) is 0 Å². The highest BCUT2D eigenvalue weighted by Gasteiger charge is 2.43. The Labute approximate surface area is 59.0 Å². The van der Waals surface area contributed by atoms with Gasteiger partial charge in [0.2, 0.25) is 0 Å². The molecule has 0 bridgehead atoms. The molecule has 2 rings (SSSR count). The molecule has 0 radical (unpaired) electrons. The van der Waals surface area contributed by atoms with Crippen molar-refractivity contribution in [3.8, 4) is 0 Å². The Bertz CT molecular complexity index is 166. The average molecular weight is 142 g/mol. The smallest absolute Gasteiger partial charge is 0.306 e. The first kappa shape index (κ1) is 6.16. The molecule has 56 valence electrons. The molecule has 0 spiro atoms. The van der Waals surface area contributed by atoms with E-state index < -0.39 is 0 Å². The lowest BCUT2D eigenvalue weighted by Crippen LogP contribution is -2.17. The summed E-state index contributed by atoms with van der Waals surface area (Å²) in [6.07, 6.45) is 1.80. The number of aliphatic hydroxyl groups excluding tert-OH is 1. The van der Waals surface area contributed by atoms with Gasteiger partial charge in [0.25, 0.3) is 0 Å². The van der Waals surface area contributed by atoms with Gasteiger partial charge >= 0.3 is 5.97 Å². The summed E-state index contributed by atoms with van der Waals surface area (Å²) in [5.41, 5.74) is 0. The van der Waals surface area contributed by atoms with Crippen molar-refractivity contribution in [2.45, 2.75) is 31.5 Å². The fourth-order valence-corrected chi connectivity index (χ4v) is 1.83. The first-order chi connectivity index (χ1) is 4.77. The summed E-state index contributed by atoms with van der Waals surface area (Å²) in [5.74, 6) is -0.0405. The molecule has 3 unspecified atom stereocenters. The number of carbonyl (C=O) groups excluding carboxylic acids is 1. The monoisotopic (exact) mass is 142 g/mol. The van der Waals surface area contributed by atoms with Crippen LogP contribution in [0.3, 0.4) is 0 Å². The van der Waals surface area contributed by atoms with Crippen LogP contribution in [0.4, 0.5) is 0 Å². The minimum atomic E-state index is -0.295. The van der Waals surface area contributed by atoms with Crippen molar-refractivity contribution in [3.63, 3.8) is 0 Å². The number of esters is 1. The highest BCUT2D eigenvalue weighted by Crippen LogP contribution is 2.36. The van der Waals surface area contributed by atoms with Crippen LogP contribution in [0.15, 0.2) is 0 Å². The SMILES string of the molecule is O=C1CC2C(O)CCC2O1. The van der Waals surface area contributed by atoms with Gasteiger partial charge in [-0.25, -0.2) is 0 Å². The maximum absolute atomic E-state index is 10.7. The van der Waals surface area contributed by atoms with Crippen molar-refractivity contribution in [2.75, 3.05) is 0 Å². The topological polar surface area (TPSA) is 46.5 Å². The molecule has 3 nitrogen and oxygen atoms in total. The molecule has 2 fully saturated rings. The molecule has 0 aromatic rings. The zero-order chi connectivity index (χ0) is 7.14. The standard InChI is InChI=1S/C7H10O3/c8-5-1-2-6-4(5)3-7(9)10-6/h4-6,8H,1-3H2. The normalized spacial score (nSPS) is 45.3. The Hall–Kier alpha value is -0.570. The summed E-state index contributed by atoms with van der Waals surface area (Å²) < 4.78 is 4.96. The molecule has 2 aliphatic rings. The van der Waals surface area contributed by atoms with Gasteiger partial charge in [-0.1, -0.05) is 0 Å². The first-order valence-electron chi connectivity index (χ1n) is 3.65. The third kappa shape index (κ3) is 0.736. The number of carbonyl (C=O) groups is 1. The molecule has 3 atom stereocenters. The number of rotatable bonds is 0. The van der Waals surface area contributed by atoms with Crippen molar-refractivity contribution < 1.29 is 14.6 Å². The lowest BCUT2D eigenvalue weighted by atomic mass is 10.0. The van der Waals surface area contributed by atoms with Gasteiger partial charge < -0.3 is 9.84 Å². The molecule has 1 heterocycles. The summed E-state index contributed by atoms with van der Waals surface area (Å²) in [4.78, 5) is 10.7. The maximum atomic E-state index is 10.7. The van der Waals surface area contributed by atoms with Crippen LogP contribution in [-0.4, -0.2) is 23.3 Å². The predicted molar refractivity (Wildman–Crippen MR) is 33.2 cm³/mol. The molecule has 3 heteroatoms. The largest absolute Gasteiger partial charge is 0.462 e. The van der Waals surface area contributed by atoms with Gasteiger partial charge in [0.1, 0.15) is 6.10 Å². The minimum absolute atomic E-state index is 0.0301. The number of ether oxygens (including phenoxy) is 1. The summed E-state index contributed by atoms with van der Waals surface area (Å²) >= 11 is 0. The first-order valence-corrected chi connectivity index (χ1v) is 3.65. The second kappa shape index (κ2) is 1.95. The van der Waals surface area contributed by atoms with Gasteiger partial charge in [-0.2, -0.15) is 0 Å². The molecule has 1 saturated heterocycles. The van der Waals surface area contributed by atoms with Crippen molar-refractivity contribution in [1.82, 2.24) is 0 Å². The van der Waals surface area contributed by atoms with Crippen LogP contribution in [0.2, 0.25) is 0 Å². The zero-order valence-corrected chi connectivity index (χ0v) is 5.62. The Kier molecular flexibility index (Phi) is 1.20. The van der Waals surface area contributed by atoms with Crippen molar-refractivity contribution in [3.05, 3.63) is 0 Å². The predicted octanol–water partition coefficient (Wildman–Crippen LogP) is 0.0728. The van der Waals surface area contributed by atoms with E-state index in [1.54, 1.807) is 0 Å². The van der Waals surface area contributed by atoms with Crippen LogP contribution >= 0.6 is 0 Å². The molecule has 1 aliphatic heterocycles. The molecule has 10 heavy (non-hydrogen) atoms. The van der Waals surface area contributed by atoms with Gasteiger partial charge in [-0.3, -0.25) is 4.79 Å². The molecule has 1 saturated carbocycles. The molecular formula is C7H10O3. The lowest BCUT2D eigenvalue weighted by molar-refractivity contribution is -0.141. The van der Waals surface area contributed by atoms with Gasteiger partial charge in [-0.15, -0.1) is 0 Å². The van der Waals surface area contributed by atoms with Gasteiger partial charge in [0.05, 0.1) is 12.5 Å². The minimum Gasteiger partial charge on any atom is -0.462 e. The molecule has 0 aromatic carbocycles. The summed E-state index contributed by atoms with van der Waals surface area (Å²) in [7, 11) is 0. The highest BCUT2D eigenvalue weighted by atomic mass is 16.6. The summed E-state index contributed by atoms with van der Waals surface area (Å²) in [5, 5.41) is 9.28. The Balaban J connectivity index is 2.12. The summed E-state index contributed by atoms with van der Waals surface area (Å²) in [6.45, 7) is 0. The van der Waals surface area contributed by atoms with E-state index in [0.717, 1.165) is 12.8 Å². The van der Waals surface area contributed by atoms with E-state index in [1.807, 2.05) is 0 Å². The van der Waals surface area contributed by atoms with E-state index in [0.29, 0.717) is 6.42 Å². The molecule has 1 N–H and O–H groups in total. The average Bonchev–Trinajstić information content (AvgIpc) is 2.35. The molecule has 0 amide bonds. The molecular weight excluding hydrogens is 132 g/mol. The number of hydrogen-bond acceptors (Lipinski definition) is 3. The Morgan fingerprint density at radius 1 is 1.50 bits per heavy atom. The van der Waals surface area contributed by atoms with Crippen LogP contribution in [0, 0.1) is 5.92 Å². The fraction of sp³-hybridized carbons (Fsp3) is 0.857. The number of fused-ring (bicyclic) bond motifs is 1. The van der Waals surface area contributed by atoms with Crippen LogP contribution in [0.25, 0.3) is 0 Å². The maximum Gasteiger partial charge on any atom is 0.306 e. The van der Waals surface area contributed by atoms with E-state index in [-0.39, 0.29) is 24.1 Å². The van der Waals surface area contributed by atoms with Gasteiger partial charge in [0, 0.05) is 5.92 Å². The van der Waals surface area contributed by atoms with E-state index in [4.69, 9.17) is 4.74 Å². The zero-order valence-electron chi connectivity index (χ0n) is 5.62. The number of hydrogen-bond donors (Lipinski definition) is 1. The number of aliphatic hydroxyl groups is 1. The lowest BCUT2D eigenvalue weighted by Gasteiger charge is -2.07. The van der Waals surface area contributed by atoms with Gasteiger partial charge in [-0.05, 0) is 12.8 Å². The fourth-order valence-electron chi connectivity index (χ4n) is 1.83. The van der Waals surface area contributed by atoms with Crippen molar-refractivity contribution in [2.24, 2.45) is 5.92 Å². The van der Waals surface area contributed by atoms with Crippen LogP contribution in [0.5, 0.6) is 0 Å². The third-order valence-electron chi connectivity index (χ3n) is 2.40. The Morgan fingerprint density at radius 2 is 2.30 bits per heavy atom. The third-order valence-corrected chi connectivity index (χ3v) is 2.40. The molecule has 0 aromatic heterocycles. The second-order valence-corrected chi connectivity index (χ2v) is 3.04. The van der Waals surface area contributed by atoms with Crippen LogP contribution in [-0.2, 0) is 9.53 Å². The van der Waals surface area contributed by atoms with Crippen molar-refractivity contribution >= 4 is 5.97 Å². The van der Waals surface area contributed by atoms with E-state index in [2.05, 4.69) is 0 Å². The quantitative estimate of drug-likeness (QED) is 0.487. The highest BCUT2D eigenvalue weighted by molar-refractivity contribution is 5.72. The second-order valence-electron chi connectivity index (χ2n) is 3.04. The molecule has 1 aliphatic carbocycles. The van der Waals surface area contributed by atoms with Crippen LogP contribution < -0.4 is 0 Å². The summed E-state index contributed by atoms with van der Waals surface area (Å²) in [6, 6.07) is 0. The van der Waals surface area contributed by atoms with Crippen LogP contribution in [0.1, 0.15) is 19.3 Å². The van der Waals surface area contributed by atoms with E-state index in [9.17, 15) is 9.90 Å². The Morgan fingerprint density at radius 3 is 3.00 bits per heavy atom. The van der Waals surface area contributed by atoms with Crippen molar-refractivity contribution in [1.29, 1.82) is 0 Å². The van der Waals surface area contributed by atoms with E-state index >= 15 is 0 Å².